The molecule has 0 aromatic heterocycles. The molecule has 0 saturated heterocycles. The molecule has 0 aliphatic rings. The van der Waals surface area contributed by atoms with Crippen molar-refractivity contribution in [1.82, 2.24) is 0 Å². The molecule has 0 saturated carbocycles. The Morgan fingerprint density at radius 1 is 1.50 bits per heavy atom. The molecule has 0 rings (SSSR count). The third kappa shape index (κ3) is 4.18. The van der Waals surface area contributed by atoms with Crippen LogP contribution in [-0.2, 0) is 0 Å². The van der Waals surface area contributed by atoms with Crippen LogP contribution in [0.4, 0.5) is 0 Å². The number of nitrogens with one attached hydrogen (secondary N) is 1. The van der Waals surface area contributed by atoms with E-state index in [1.54, 1.807) is 0 Å². The quantitative estimate of drug-likeness (QED) is 0.478. The molecule has 0 spiro atoms. The average Bonchev–Trinajstić information content (AvgIpc) is 2.10. The molecule has 0 aromatic rings. The second kappa shape index (κ2) is 6.91. The van der Waals surface area contributed by atoms with Crippen LogP contribution in [0.2, 0.25) is 0 Å². The average molecular weight is 165 g/mol. The van der Waals surface area contributed by atoms with Crippen molar-refractivity contribution < 1.29 is 0 Å². The van der Waals surface area contributed by atoms with Crippen molar-refractivity contribution >= 4 is 6.21 Å². The summed E-state index contributed by atoms with van der Waals surface area (Å²) >= 11 is 0. The zero-order valence-electron chi connectivity index (χ0n) is 8.35. The first-order valence-electron chi connectivity index (χ1n) is 4.69. The maximum atomic E-state index is 7.20. The zero-order chi connectivity index (χ0) is 9.40. The van der Waals surface area contributed by atoms with E-state index >= 15 is 0 Å². The van der Waals surface area contributed by atoms with Gasteiger partial charge in [0.25, 0.3) is 0 Å². The highest BCUT2D eigenvalue weighted by Gasteiger charge is 2.10. The third-order valence-electron chi connectivity index (χ3n) is 2.12. The Bertz CT molecular complexity index is 173. The van der Waals surface area contributed by atoms with Gasteiger partial charge in [0, 0.05) is 6.21 Å². The van der Waals surface area contributed by atoms with Crippen LogP contribution >= 0.6 is 0 Å². The highest BCUT2D eigenvalue weighted by atomic mass is 14.4. The van der Waals surface area contributed by atoms with Gasteiger partial charge in [0.15, 0.2) is 0 Å². The van der Waals surface area contributed by atoms with Gasteiger partial charge >= 0.3 is 0 Å². The summed E-state index contributed by atoms with van der Waals surface area (Å²) in [4.78, 5) is 0. The molecule has 0 bridgehead atoms. The summed E-state index contributed by atoms with van der Waals surface area (Å²) < 4.78 is 0. The van der Waals surface area contributed by atoms with Gasteiger partial charge in [-0.2, -0.15) is 0 Å². The first-order chi connectivity index (χ1) is 5.76. The van der Waals surface area contributed by atoms with E-state index in [0.29, 0.717) is 5.92 Å². The van der Waals surface area contributed by atoms with Crippen LogP contribution < -0.4 is 0 Å². The van der Waals surface area contributed by atoms with Gasteiger partial charge in [0.2, 0.25) is 0 Å². The molecule has 1 N–H and O–H groups in total. The van der Waals surface area contributed by atoms with Crippen molar-refractivity contribution in [3.05, 3.63) is 0 Å². The number of hydrogen-bond donors (Lipinski definition) is 1. The fourth-order valence-corrected chi connectivity index (χ4v) is 1.22. The largest absolute Gasteiger partial charge is 0.312 e. The van der Waals surface area contributed by atoms with Crippen LogP contribution in [0.15, 0.2) is 0 Å². The van der Waals surface area contributed by atoms with Crippen LogP contribution in [0.3, 0.4) is 0 Å². The Balaban J connectivity index is 3.90. The fraction of sp³-hybridized carbons (Fsp3) is 0.727. The van der Waals surface area contributed by atoms with Gasteiger partial charge in [-0.25, -0.2) is 0 Å². The standard InChI is InChI=1S/C11H19N/c1-4-6-8-10(3)11(9-12)7-5-2/h9-12H,4,6,8H2,1-3H3. The molecule has 0 fully saturated rings. The first kappa shape index (κ1) is 11.2. The summed E-state index contributed by atoms with van der Waals surface area (Å²) in [5.41, 5.74) is 0. The van der Waals surface area contributed by atoms with Crippen molar-refractivity contribution in [2.24, 2.45) is 11.8 Å². The molecule has 0 aromatic carbocycles. The van der Waals surface area contributed by atoms with Crippen LogP contribution in [0.1, 0.15) is 40.0 Å². The molecule has 0 radical (unpaired) electrons. The predicted octanol–water partition coefficient (Wildman–Crippen LogP) is 3.10. The summed E-state index contributed by atoms with van der Waals surface area (Å²) in [5, 5.41) is 7.20. The zero-order valence-corrected chi connectivity index (χ0v) is 8.35. The maximum Gasteiger partial charge on any atom is 0.0574 e. The maximum absolute atomic E-state index is 7.20. The molecule has 1 nitrogen and oxygen atoms in total. The SMILES string of the molecule is CC#CC(C=N)C(C)CCCC. The Morgan fingerprint density at radius 3 is 2.58 bits per heavy atom. The molecule has 2 unspecified atom stereocenters. The minimum atomic E-state index is 0.168. The van der Waals surface area contributed by atoms with E-state index in [4.69, 9.17) is 5.41 Å². The third-order valence-corrected chi connectivity index (χ3v) is 2.12. The second-order valence-electron chi connectivity index (χ2n) is 3.21. The van der Waals surface area contributed by atoms with E-state index in [2.05, 4.69) is 25.7 Å². The molecular formula is C11H19N. The Hall–Kier alpha value is -0.770. The van der Waals surface area contributed by atoms with Gasteiger partial charge in [-0.15, -0.1) is 5.92 Å². The molecular weight excluding hydrogens is 146 g/mol. The van der Waals surface area contributed by atoms with Crippen molar-refractivity contribution in [3.8, 4) is 11.8 Å². The predicted molar refractivity (Wildman–Crippen MR) is 54.4 cm³/mol. The number of rotatable bonds is 5. The van der Waals surface area contributed by atoms with E-state index in [0.717, 1.165) is 0 Å². The molecule has 2 atom stereocenters. The molecule has 12 heavy (non-hydrogen) atoms. The minimum Gasteiger partial charge on any atom is -0.312 e. The number of unbranched alkanes of at least 4 members (excludes halogenated alkanes) is 1. The summed E-state index contributed by atoms with van der Waals surface area (Å²) in [6.07, 6.45) is 5.13. The van der Waals surface area contributed by atoms with Crippen molar-refractivity contribution in [3.63, 3.8) is 0 Å². The van der Waals surface area contributed by atoms with Gasteiger partial charge in [-0.1, -0.05) is 32.6 Å². The fourth-order valence-electron chi connectivity index (χ4n) is 1.22. The van der Waals surface area contributed by atoms with Gasteiger partial charge in [-0.05, 0) is 19.3 Å². The summed E-state index contributed by atoms with van der Waals surface area (Å²) in [7, 11) is 0. The van der Waals surface area contributed by atoms with Crippen LogP contribution in [0.5, 0.6) is 0 Å². The van der Waals surface area contributed by atoms with Gasteiger partial charge < -0.3 is 5.41 Å². The van der Waals surface area contributed by atoms with E-state index in [1.807, 2.05) is 6.92 Å². The van der Waals surface area contributed by atoms with Crippen LogP contribution in [0.25, 0.3) is 0 Å². The second-order valence-corrected chi connectivity index (χ2v) is 3.21. The van der Waals surface area contributed by atoms with Crippen molar-refractivity contribution in [2.75, 3.05) is 0 Å². The van der Waals surface area contributed by atoms with E-state index < -0.39 is 0 Å². The smallest absolute Gasteiger partial charge is 0.0574 e. The monoisotopic (exact) mass is 165 g/mol. The molecule has 0 amide bonds. The van der Waals surface area contributed by atoms with Gasteiger partial charge in [0.05, 0.1) is 5.92 Å². The van der Waals surface area contributed by atoms with Crippen molar-refractivity contribution in [2.45, 2.75) is 40.0 Å². The Labute approximate surface area is 76.1 Å². The highest BCUT2D eigenvalue weighted by Crippen LogP contribution is 2.15. The van der Waals surface area contributed by atoms with Gasteiger partial charge in [-0.3, -0.25) is 0 Å². The lowest BCUT2D eigenvalue weighted by molar-refractivity contribution is 0.472. The molecule has 0 heterocycles. The lowest BCUT2D eigenvalue weighted by Gasteiger charge is -2.13. The van der Waals surface area contributed by atoms with E-state index in [1.165, 1.54) is 25.5 Å². The topological polar surface area (TPSA) is 23.9 Å². The van der Waals surface area contributed by atoms with Crippen LogP contribution in [0, 0.1) is 29.1 Å². The minimum absolute atomic E-state index is 0.168. The van der Waals surface area contributed by atoms with Crippen molar-refractivity contribution in [1.29, 1.82) is 5.41 Å². The van der Waals surface area contributed by atoms with Gasteiger partial charge in [0.1, 0.15) is 0 Å². The molecule has 0 aliphatic heterocycles. The number of hydrogen-bond acceptors (Lipinski definition) is 1. The molecule has 0 aliphatic carbocycles. The lowest BCUT2D eigenvalue weighted by Crippen LogP contribution is -2.10. The summed E-state index contributed by atoms with van der Waals surface area (Å²) in [6, 6.07) is 0. The Kier molecular flexibility index (Phi) is 6.47. The van der Waals surface area contributed by atoms with E-state index in [-0.39, 0.29) is 5.92 Å². The normalized spacial score (nSPS) is 14.2. The molecule has 68 valence electrons. The Morgan fingerprint density at radius 2 is 2.17 bits per heavy atom. The molecule has 1 heteroatoms. The van der Waals surface area contributed by atoms with E-state index in [9.17, 15) is 0 Å². The van der Waals surface area contributed by atoms with Crippen LogP contribution in [-0.4, -0.2) is 6.21 Å². The summed E-state index contributed by atoms with van der Waals surface area (Å²) in [6.45, 7) is 6.20. The first-order valence-corrected chi connectivity index (χ1v) is 4.69. The highest BCUT2D eigenvalue weighted by molar-refractivity contribution is 5.61. The lowest BCUT2D eigenvalue weighted by atomic mass is 9.91. The summed E-state index contributed by atoms with van der Waals surface area (Å²) in [5.74, 6) is 6.63.